The van der Waals surface area contributed by atoms with Gasteiger partial charge in [-0.15, -0.1) is 10.2 Å². The van der Waals surface area contributed by atoms with E-state index in [1.54, 1.807) is 36.4 Å². The molecule has 0 unspecified atom stereocenters. The second-order valence-electron chi connectivity index (χ2n) is 6.86. The number of nitrogens with zero attached hydrogens (tertiary/aromatic N) is 3. The summed E-state index contributed by atoms with van der Waals surface area (Å²) in [5, 5.41) is 12.5. The van der Waals surface area contributed by atoms with Gasteiger partial charge in [0.15, 0.2) is 12.4 Å². The second kappa shape index (κ2) is 8.84. The molecule has 0 radical (unpaired) electrons. The highest BCUT2D eigenvalue weighted by atomic mass is 35.5. The van der Waals surface area contributed by atoms with Crippen molar-refractivity contribution in [3.63, 3.8) is 0 Å². The van der Waals surface area contributed by atoms with Crippen molar-refractivity contribution >= 4 is 34.8 Å². The van der Waals surface area contributed by atoms with Gasteiger partial charge >= 0.3 is 0 Å². The molecular formula is C21H20Cl2N4O2. The number of amides is 1. The Kier molecular flexibility index (Phi) is 6.02. The van der Waals surface area contributed by atoms with E-state index in [4.69, 9.17) is 27.9 Å². The topological polar surface area (TPSA) is 69.0 Å². The average Bonchev–Trinajstić information content (AvgIpc) is 2.96. The third-order valence-corrected chi connectivity index (χ3v) is 5.44. The second-order valence-corrected chi connectivity index (χ2v) is 7.68. The molecule has 1 aliphatic rings. The van der Waals surface area contributed by atoms with E-state index in [9.17, 15) is 4.79 Å². The lowest BCUT2D eigenvalue weighted by Gasteiger charge is -2.12. The number of halogens is 2. The fraction of sp³-hybridized carbons (Fsp3) is 0.286. The van der Waals surface area contributed by atoms with Crippen molar-refractivity contribution in [2.24, 2.45) is 0 Å². The van der Waals surface area contributed by atoms with E-state index in [1.807, 2.05) is 6.07 Å². The molecule has 8 heteroatoms. The minimum Gasteiger partial charge on any atom is -0.482 e. The molecule has 1 amide bonds. The number of anilines is 1. The molecule has 3 aromatic rings. The molecule has 1 aliphatic heterocycles. The highest BCUT2D eigenvalue weighted by molar-refractivity contribution is 6.33. The van der Waals surface area contributed by atoms with Crippen LogP contribution < -0.4 is 10.1 Å². The summed E-state index contributed by atoms with van der Waals surface area (Å²) < 4.78 is 7.61. The van der Waals surface area contributed by atoms with Crippen LogP contribution in [0.25, 0.3) is 11.4 Å². The van der Waals surface area contributed by atoms with Crippen molar-refractivity contribution in [3.05, 3.63) is 58.3 Å². The molecule has 1 aromatic heterocycles. The number of aryl methyl sites for hydroxylation is 1. The van der Waals surface area contributed by atoms with E-state index in [1.165, 1.54) is 6.42 Å². The summed E-state index contributed by atoms with van der Waals surface area (Å²) in [6.45, 7) is 0.721. The number of hydrogen-bond acceptors (Lipinski definition) is 4. The van der Waals surface area contributed by atoms with Gasteiger partial charge in [0.05, 0.1) is 10.0 Å². The predicted molar refractivity (Wildman–Crippen MR) is 114 cm³/mol. The van der Waals surface area contributed by atoms with E-state index >= 15 is 0 Å². The molecule has 1 N–H and O–H groups in total. The Labute approximate surface area is 178 Å². The van der Waals surface area contributed by atoms with Crippen molar-refractivity contribution in [3.8, 4) is 17.1 Å². The Morgan fingerprint density at radius 1 is 1.07 bits per heavy atom. The minimum atomic E-state index is -0.293. The number of carbonyl (C=O) groups excluding carboxylic acids is 1. The van der Waals surface area contributed by atoms with E-state index in [-0.39, 0.29) is 12.5 Å². The number of fused-ring (bicyclic) bond motifs is 1. The fourth-order valence-corrected chi connectivity index (χ4v) is 3.75. The molecule has 2 heterocycles. The summed E-state index contributed by atoms with van der Waals surface area (Å²) in [5.41, 5.74) is 1.36. The van der Waals surface area contributed by atoms with Gasteiger partial charge in [0, 0.05) is 24.2 Å². The lowest BCUT2D eigenvalue weighted by Crippen LogP contribution is -2.20. The monoisotopic (exact) mass is 430 g/mol. The number of hydrogen-bond donors (Lipinski definition) is 1. The van der Waals surface area contributed by atoms with Crippen LogP contribution in [0.4, 0.5) is 5.69 Å². The number of para-hydroxylation sites is 1. The number of ether oxygens (including phenoxy) is 1. The van der Waals surface area contributed by atoms with Crippen LogP contribution in [0.15, 0.2) is 42.5 Å². The average molecular weight is 431 g/mol. The van der Waals surface area contributed by atoms with E-state index in [2.05, 4.69) is 20.1 Å². The number of benzene rings is 2. The lowest BCUT2D eigenvalue weighted by atomic mass is 10.1. The first-order valence-corrected chi connectivity index (χ1v) is 10.3. The third-order valence-electron chi connectivity index (χ3n) is 4.80. The first-order chi connectivity index (χ1) is 14.1. The first kappa shape index (κ1) is 19.7. The summed E-state index contributed by atoms with van der Waals surface area (Å²) in [5.74, 6) is 1.89. The van der Waals surface area contributed by atoms with Crippen molar-refractivity contribution in [2.45, 2.75) is 32.2 Å². The Balaban J connectivity index is 1.49. The van der Waals surface area contributed by atoms with E-state index in [0.29, 0.717) is 21.5 Å². The Hall–Kier alpha value is -2.57. The Morgan fingerprint density at radius 3 is 2.79 bits per heavy atom. The van der Waals surface area contributed by atoms with E-state index < -0.39 is 0 Å². The van der Waals surface area contributed by atoms with Crippen LogP contribution in [-0.4, -0.2) is 27.3 Å². The zero-order chi connectivity index (χ0) is 20.2. The zero-order valence-electron chi connectivity index (χ0n) is 15.7. The minimum absolute atomic E-state index is 0.151. The van der Waals surface area contributed by atoms with Gasteiger partial charge < -0.3 is 14.6 Å². The van der Waals surface area contributed by atoms with Gasteiger partial charge in [-0.1, -0.05) is 41.8 Å². The van der Waals surface area contributed by atoms with Crippen LogP contribution in [0.1, 0.15) is 25.1 Å². The molecule has 29 heavy (non-hydrogen) atoms. The van der Waals surface area contributed by atoms with Crippen LogP contribution in [0.3, 0.4) is 0 Å². The molecule has 0 saturated heterocycles. The maximum absolute atomic E-state index is 12.3. The van der Waals surface area contributed by atoms with Crippen LogP contribution in [0.5, 0.6) is 5.75 Å². The van der Waals surface area contributed by atoms with Crippen molar-refractivity contribution in [1.29, 1.82) is 0 Å². The quantitative estimate of drug-likeness (QED) is 0.618. The molecular weight excluding hydrogens is 411 g/mol. The maximum Gasteiger partial charge on any atom is 0.262 e. The molecule has 0 fully saturated rings. The Morgan fingerprint density at radius 2 is 1.93 bits per heavy atom. The highest BCUT2D eigenvalue weighted by Crippen LogP contribution is 2.31. The lowest BCUT2D eigenvalue weighted by molar-refractivity contribution is -0.118. The highest BCUT2D eigenvalue weighted by Gasteiger charge is 2.18. The van der Waals surface area contributed by atoms with Gasteiger partial charge in [-0.25, -0.2) is 0 Å². The van der Waals surface area contributed by atoms with Crippen molar-refractivity contribution in [2.75, 3.05) is 11.9 Å². The zero-order valence-corrected chi connectivity index (χ0v) is 17.2. The summed E-state index contributed by atoms with van der Waals surface area (Å²) in [6.07, 6.45) is 4.30. The summed E-state index contributed by atoms with van der Waals surface area (Å²) in [6, 6.07) is 12.3. The van der Waals surface area contributed by atoms with Gasteiger partial charge in [-0.2, -0.15) is 0 Å². The van der Waals surface area contributed by atoms with Gasteiger partial charge in [-0.3, -0.25) is 4.79 Å². The van der Waals surface area contributed by atoms with Gasteiger partial charge in [-0.05, 0) is 43.2 Å². The molecule has 2 aromatic carbocycles. The number of aromatic nitrogens is 3. The van der Waals surface area contributed by atoms with Crippen LogP contribution >= 0.6 is 23.2 Å². The molecule has 150 valence electrons. The molecule has 4 rings (SSSR count). The standard InChI is InChI=1S/C21H20Cl2N4O2/c22-16-10-9-14(24-20(28)13-29-18-7-4-3-6-17(18)23)12-15(16)21-26-25-19-8-2-1-5-11-27(19)21/h3-4,6-7,9-10,12H,1-2,5,8,11,13H2,(H,24,28). The van der Waals surface area contributed by atoms with Gasteiger partial charge in [0.25, 0.3) is 5.91 Å². The molecule has 0 aliphatic carbocycles. The number of carbonyl (C=O) groups is 1. The summed E-state index contributed by atoms with van der Waals surface area (Å²) >= 11 is 12.5. The van der Waals surface area contributed by atoms with Crippen LogP contribution in [0, 0.1) is 0 Å². The summed E-state index contributed by atoms with van der Waals surface area (Å²) in [4.78, 5) is 12.3. The Bertz CT molecular complexity index is 1040. The maximum atomic E-state index is 12.3. The van der Waals surface area contributed by atoms with Crippen molar-refractivity contribution in [1.82, 2.24) is 14.8 Å². The number of rotatable bonds is 5. The predicted octanol–water partition coefficient (Wildman–Crippen LogP) is 5.00. The third kappa shape index (κ3) is 4.54. The normalized spacial score (nSPS) is 13.4. The summed E-state index contributed by atoms with van der Waals surface area (Å²) in [7, 11) is 0. The largest absolute Gasteiger partial charge is 0.482 e. The number of nitrogens with one attached hydrogen (secondary N) is 1. The molecule has 6 nitrogen and oxygen atoms in total. The molecule has 0 spiro atoms. The van der Waals surface area contributed by atoms with Crippen molar-refractivity contribution < 1.29 is 9.53 Å². The van der Waals surface area contributed by atoms with Crippen LogP contribution in [-0.2, 0) is 17.8 Å². The van der Waals surface area contributed by atoms with Gasteiger partial charge in [0.2, 0.25) is 0 Å². The smallest absolute Gasteiger partial charge is 0.262 e. The first-order valence-electron chi connectivity index (χ1n) is 9.51. The van der Waals surface area contributed by atoms with E-state index in [0.717, 1.165) is 43.0 Å². The molecule has 0 saturated carbocycles. The van der Waals surface area contributed by atoms with Gasteiger partial charge in [0.1, 0.15) is 11.6 Å². The molecule has 0 bridgehead atoms. The molecule has 0 atom stereocenters. The van der Waals surface area contributed by atoms with Crippen LogP contribution in [0.2, 0.25) is 10.0 Å². The fourth-order valence-electron chi connectivity index (χ4n) is 3.36. The SMILES string of the molecule is O=C(COc1ccccc1Cl)Nc1ccc(Cl)c(-c2nnc3n2CCCCC3)c1.